The predicted octanol–water partition coefficient (Wildman–Crippen LogP) is 5.27. The summed E-state index contributed by atoms with van der Waals surface area (Å²) in [7, 11) is 0. The number of pyridine rings is 1. The van der Waals surface area contributed by atoms with Gasteiger partial charge in [-0.25, -0.2) is 4.98 Å². The van der Waals surface area contributed by atoms with Crippen molar-refractivity contribution < 1.29 is 4.79 Å². The highest BCUT2D eigenvalue weighted by Gasteiger charge is 2.14. The van der Waals surface area contributed by atoms with Crippen LogP contribution in [0.25, 0.3) is 0 Å². The number of carbonyl (C=O) groups excluding carboxylic acids is 1. The van der Waals surface area contributed by atoms with E-state index in [9.17, 15) is 4.79 Å². The van der Waals surface area contributed by atoms with Gasteiger partial charge in [-0.1, -0.05) is 11.6 Å². The first kappa shape index (κ1) is 15.0. The molecule has 0 aliphatic carbocycles. The topological polar surface area (TPSA) is 42.0 Å². The lowest BCUT2D eigenvalue weighted by Gasteiger charge is -2.10. The third kappa shape index (κ3) is 3.56. The number of nitrogens with one attached hydrogen (secondary N) is 1. The first-order valence-corrected chi connectivity index (χ1v) is 7.81. The molecule has 3 nitrogen and oxygen atoms in total. The van der Waals surface area contributed by atoms with Crippen molar-refractivity contribution in [2.24, 2.45) is 0 Å². The molecule has 1 amide bonds. The molecule has 1 aromatic carbocycles. The second-order valence-corrected chi connectivity index (χ2v) is 6.44. The molecular formula is C12H6Br3ClN2O. The van der Waals surface area contributed by atoms with E-state index in [4.69, 9.17) is 11.6 Å². The summed E-state index contributed by atoms with van der Waals surface area (Å²) >= 11 is 15.9. The zero-order valence-corrected chi connectivity index (χ0v) is 14.8. The van der Waals surface area contributed by atoms with E-state index in [1.165, 1.54) is 0 Å². The highest BCUT2D eigenvalue weighted by molar-refractivity contribution is 9.11. The summed E-state index contributed by atoms with van der Waals surface area (Å²) in [6.45, 7) is 0. The first-order valence-electron chi connectivity index (χ1n) is 5.05. The van der Waals surface area contributed by atoms with Gasteiger partial charge in [-0.3, -0.25) is 4.79 Å². The minimum absolute atomic E-state index is 0.260. The normalized spacial score (nSPS) is 10.3. The van der Waals surface area contributed by atoms with Crippen molar-refractivity contribution in [3.63, 3.8) is 0 Å². The van der Waals surface area contributed by atoms with Crippen molar-refractivity contribution >= 4 is 71.0 Å². The maximum absolute atomic E-state index is 12.2. The number of rotatable bonds is 2. The van der Waals surface area contributed by atoms with E-state index in [-0.39, 0.29) is 5.91 Å². The fraction of sp³-hybridized carbons (Fsp3) is 0. The van der Waals surface area contributed by atoms with E-state index in [2.05, 4.69) is 58.1 Å². The molecule has 19 heavy (non-hydrogen) atoms. The molecule has 0 radical (unpaired) electrons. The van der Waals surface area contributed by atoms with E-state index < -0.39 is 0 Å². The summed E-state index contributed by atoms with van der Waals surface area (Å²) in [5.41, 5.74) is 1.07. The van der Waals surface area contributed by atoms with Gasteiger partial charge in [-0.2, -0.15) is 0 Å². The highest BCUT2D eigenvalue weighted by atomic mass is 79.9. The maximum atomic E-state index is 12.2. The maximum Gasteiger partial charge on any atom is 0.258 e. The third-order valence-electron chi connectivity index (χ3n) is 2.25. The molecular weight excluding hydrogens is 463 g/mol. The lowest BCUT2D eigenvalue weighted by Crippen LogP contribution is -2.13. The standard InChI is InChI=1S/C12H6Br3ClN2O/c13-8-4-6(16)5-9(14)10(8)18-12(19)7-2-1-3-17-11(7)15/h1-5H,(H,18,19). The smallest absolute Gasteiger partial charge is 0.258 e. The van der Waals surface area contributed by atoms with Gasteiger partial charge in [-0.15, -0.1) is 0 Å². The van der Waals surface area contributed by atoms with Gasteiger partial charge in [0.25, 0.3) is 5.91 Å². The Morgan fingerprint density at radius 3 is 2.42 bits per heavy atom. The number of nitrogens with zero attached hydrogens (tertiary/aromatic N) is 1. The molecule has 7 heteroatoms. The molecule has 1 heterocycles. The summed E-state index contributed by atoms with van der Waals surface area (Å²) in [6.07, 6.45) is 1.61. The van der Waals surface area contributed by atoms with Gasteiger partial charge in [0.05, 0.1) is 11.3 Å². The summed E-state index contributed by atoms with van der Waals surface area (Å²) in [4.78, 5) is 16.2. The van der Waals surface area contributed by atoms with E-state index in [1.54, 1.807) is 30.5 Å². The van der Waals surface area contributed by atoms with Crippen LogP contribution in [0.3, 0.4) is 0 Å². The Morgan fingerprint density at radius 1 is 1.21 bits per heavy atom. The van der Waals surface area contributed by atoms with Crippen molar-refractivity contribution in [2.75, 3.05) is 5.32 Å². The van der Waals surface area contributed by atoms with Crippen molar-refractivity contribution in [1.29, 1.82) is 0 Å². The molecule has 0 aliphatic heterocycles. The van der Waals surface area contributed by atoms with Gasteiger partial charge in [-0.05, 0) is 72.1 Å². The molecule has 2 aromatic rings. The van der Waals surface area contributed by atoms with Crippen LogP contribution in [0.1, 0.15) is 10.4 Å². The van der Waals surface area contributed by atoms with Crippen LogP contribution >= 0.6 is 59.4 Å². The fourth-order valence-corrected chi connectivity index (χ4v) is 3.69. The molecule has 0 atom stereocenters. The van der Waals surface area contributed by atoms with Crippen LogP contribution < -0.4 is 5.32 Å². The highest BCUT2D eigenvalue weighted by Crippen LogP contribution is 2.34. The van der Waals surface area contributed by atoms with Crippen LogP contribution in [0.4, 0.5) is 5.69 Å². The van der Waals surface area contributed by atoms with Gasteiger partial charge in [0, 0.05) is 20.2 Å². The Labute approximate surface area is 140 Å². The molecule has 0 spiro atoms. The molecule has 98 valence electrons. The van der Waals surface area contributed by atoms with E-state index in [0.717, 1.165) is 0 Å². The average Bonchev–Trinajstić information content (AvgIpc) is 2.34. The minimum atomic E-state index is -0.260. The molecule has 0 saturated heterocycles. The van der Waals surface area contributed by atoms with Crippen LogP contribution in [0.5, 0.6) is 0 Å². The Morgan fingerprint density at radius 2 is 1.84 bits per heavy atom. The van der Waals surface area contributed by atoms with Gasteiger partial charge in [0.15, 0.2) is 0 Å². The van der Waals surface area contributed by atoms with Crippen LogP contribution in [0.15, 0.2) is 44.0 Å². The molecule has 0 fully saturated rings. The number of hydrogen-bond donors (Lipinski definition) is 1. The average molecular weight is 469 g/mol. The van der Waals surface area contributed by atoms with Gasteiger partial charge in [0.1, 0.15) is 4.60 Å². The number of aromatic nitrogens is 1. The van der Waals surface area contributed by atoms with Crippen molar-refractivity contribution in [2.45, 2.75) is 0 Å². The fourth-order valence-electron chi connectivity index (χ4n) is 1.40. The number of hydrogen-bond acceptors (Lipinski definition) is 2. The van der Waals surface area contributed by atoms with E-state index in [1.807, 2.05) is 0 Å². The monoisotopic (exact) mass is 466 g/mol. The molecule has 0 bridgehead atoms. The van der Waals surface area contributed by atoms with Crippen molar-refractivity contribution in [3.05, 3.63) is 54.6 Å². The first-order chi connectivity index (χ1) is 8.99. The largest absolute Gasteiger partial charge is 0.320 e. The summed E-state index contributed by atoms with van der Waals surface area (Å²) < 4.78 is 1.88. The molecule has 0 unspecified atom stereocenters. The van der Waals surface area contributed by atoms with Crippen LogP contribution in [0.2, 0.25) is 5.02 Å². The Hall–Kier alpha value is -0.430. The van der Waals surface area contributed by atoms with Gasteiger partial charge < -0.3 is 5.32 Å². The lowest BCUT2D eigenvalue weighted by atomic mass is 10.2. The quantitative estimate of drug-likeness (QED) is 0.609. The van der Waals surface area contributed by atoms with Crippen LogP contribution in [0, 0.1) is 0 Å². The molecule has 2 rings (SSSR count). The summed E-state index contributed by atoms with van der Waals surface area (Å²) in [5, 5.41) is 3.37. The van der Waals surface area contributed by atoms with Crippen molar-refractivity contribution in [3.8, 4) is 0 Å². The summed E-state index contributed by atoms with van der Waals surface area (Å²) in [5.74, 6) is -0.260. The SMILES string of the molecule is O=C(Nc1c(Br)cc(Cl)cc1Br)c1cccnc1Br. The molecule has 1 aromatic heterocycles. The second kappa shape index (κ2) is 6.35. The zero-order chi connectivity index (χ0) is 14.0. The van der Waals surface area contributed by atoms with Gasteiger partial charge in [0.2, 0.25) is 0 Å². The predicted molar refractivity (Wildman–Crippen MR) is 86.7 cm³/mol. The number of amides is 1. The van der Waals surface area contributed by atoms with Crippen LogP contribution in [-0.2, 0) is 0 Å². The zero-order valence-electron chi connectivity index (χ0n) is 9.25. The van der Waals surface area contributed by atoms with Crippen LogP contribution in [-0.4, -0.2) is 10.9 Å². The second-order valence-electron chi connectivity index (χ2n) is 3.54. The number of anilines is 1. The molecule has 0 aliphatic rings. The third-order valence-corrected chi connectivity index (χ3v) is 4.35. The number of carbonyl (C=O) groups is 1. The van der Waals surface area contributed by atoms with Gasteiger partial charge >= 0.3 is 0 Å². The Bertz CT molecular complexity index is 626. The van der Waals surface area contributed by atoms with Crippen molar-refractivity contribution in [1.82, 2.24) is 4.98 Å². The molecule has 0 saturated carbocycles. The number of benzene rings is 1. The Kier molecular flexibility index (Phi) is 5.00. The number of halogens is 4. The van der Waals surface area contributed by atoms with E-state index in [0.29, 0.717) is 29.8 Å². The molecule has 1 N–H and O–H groups in total. The lowest BCUT2D eigenvalue weighted by molar-refractivity contribution is 0.102. The minimum Gasteiger partial charge on any atom is -0.320 e. The summed E-state index contributed by atoms with van der Waals surface area (Å²) in [6, 6.07) is 6.80. The van der Waals surface area contributed by atoms with E-state index >= 15 is 0 Å². The Balaban J connectivity index is 2.32.